The highest BCUT2D eigenvalue weighted by molar-refractivity contribution is 7.99. The van der Waals surface area contributed by atoms with E-state index in [9.17, 15) is 4.79 Å². The lowest BCUT2D eigenvalue weighted by atomic mass is 10.1. The van der Waals surface area contributed by atoms with Gasteiger partial charge in [0.1, 0.15) is 5.75 Å². The normalized spacial score (nSPS) is 17.4. The minimum atomic E-state index is 0.182. The number of likely N-dealkylation sites (tertiary alicyclic amines) is 1. The predicted molar refractivity (Wildman–Crippen MR) is 80.3 cm³/mol. The van der Waals surface area contributed by atoms with Crippen molar-refractivity contribution in [3.05, 3.63) is 29.8 Å². The molecule has 104 valence electrons. The third-order valence-corrected chi connectivity index (χ3v) is 4.76. The quantitative estimate of drug-likeness (QED) is 0.775. The van der Waals surface area contributed by atoms with Gasteiger partial charge < -0.3 is 4.74 Å². The molecule has 1 aromatic carbocycles. The summed E-state index contributed by atoms with van der Waals surface area (Å²) in [5.74, 6) is 0.924. The molecule has 1 heterocycles. The Morgan fingerprint density at radius 1 is 1.42 bits per heavy atom. The number of benzene rings is 1. The van der Waals surface area contributed by atoms with Crippen molar-refractivity contribution < 1.29 is 9.53 Å². The van der Waals surface area contributed by atoms with E-state index in [1.807, 2.05) is 36.0 Å². The van der Waals surface area contributed by atoms with Gasteiger partial charge in [-0.1, -0.05) is 12.1 Å². The fourth-order valence-electron chi connectivity index (χ4n) is 2.39. The molecular weight excluding hydrogens is 258 g/mol. The molecule has 1 aliphatic rings. The van der Waals surface area contributed by atoms with Crippen LogP contribution in [0.25, 0.3) is 0 Å². The summed E-state index contributed by atoms with van der Waals surface area (Å²) in [4.78, 5) is 14.5. The fourth-order valence-corrected chi connectivity index (χ4v) is 3.08. The van der Waals surface area contributed by atoms with Gasteiger partial charge in [-0.3, -0.25) is 9.69 Å². The number of thioether (sulfide) groups is 1. The van der Waals surface area contributed by atoms with E-state index < -0.39 is 0 Å². The molecule has 0 unspecified atom stereocenters. The molecule has 0 aromatic heterocycles. The van der Waals surface area contributed by atoms with Gasteiger partial charge in [-0.25, -0.2) is 0 Å². The molecule has 3 nitrogen and oxygen atoms in total. The van der Waals surface area contributed by atoms with Crippen molar-refractivity contribution in [2.45, 2.75) is 18.1 Å². The molecule has 4 heteroatoms. The van der Waals surface area contributed by atoms with Crippen molar-refractivity contribution in [2.24, 2.45) is 0 Å². The number of rotatable bonds is 5. The number of carbonyl (C=O) groups excluding carboxylic acids is 1. The molecule has 0 saturated carbocycles. The van der Waals surface area contributed by atoms with Gasteiger partial charge in [0.15, 0.2) is 5.78 Å². The van der Waals surface area contributed by atoms with Gasteiger partial charge in [-0.15, -0.1) is 0 Å². The zero-order chi connectivity index (χ0) is 13.7. The minimum Gasteiger partial charge on any atom is -0.497 e. The van der Waals surface area contributed by atoms with Gasteiger partial charge in [0.25, 0.3) is 0 Å². The molecule has 19 heavy (non-hydrogen) atoms. The standard InChI is InChI=1S/C15H21NO2S/c1-18-13-5-3-4-12(10-13)15(17)11-16-8-6-14(19-2)7-9-16/h3-5,10,14H,6-9,11H2,1-2H3. The molecule has 0 N–H and O–H groups in total. The van der Waals surface area contributed by atoms with Crippen molar-refractivity contribution in [1.82, 2.24) is 4.90 Å². The molecule has 0 bridgehead atoms. The summed E-state index contributed by atoms with van der Waals surface area (Å²) in [5, 5.41) is 0.767. The van der Waals surface area contributed by atoms with Crippen LogP contribution in [0.2, 0.25) is 0 Å². The highest BCUT2D eigenvalue weighted by Gasteiger charge is 2.20. The maximum atomic E-state index is 12.2. The van der Waals surface area contributed by atoms with Gasteiger partial charge >= 0.3 is 0 Å². The molecule has 0 atom stereocenters. The van der Waals surface area contributed by atoms with E-state index >= 15 is 0 Å². The fraction of sp³-hybridized carbons (Fsp3) is 0.533. The van der Waals surface area contributed by atoms with Gasteiger partial charge in [0.05, 0.1) is 13.7 Å². The van der Waals surface area contributed by atoms with E-state index in [1.54, 1.807) is 7.11 Å². The Labute approximate surface area is 119 Å². The second-order valence-corrected chi connectivity index (χ2v) is 6.00. The number of hydrogen-bond acceptors (Lipinski definition) is 4. The first-order valence-electron chi connectivity index (χ1n) is 6.65. The molecule has 1 aromatic rings. The number of ketones is 1. The van der Waals surface area contributed by atoms with Crippen molar-refractivity contribution in [2.75, 3.05) is 33.0 Å². The molecule has 0 aliphatic carbocycles. The van der Waals surface area contributed by atoms with Crippen LogP contribution in [0, 0.1) is 0 Å². The Morgan fingerprint density at radius 3 is 2.79 bits per heavy atom. The van der Waals surface area contributed by atoms with E-state index in [-0.39, 0.29) is 5.78 Å². The summed E-state index contributed by atoms with van der Waals surface area (Å²) in [7, 11) is 1.62. The van der Waals surface area contributed by atoms with E-state index in [4.69, 9.17) is 4.74 Å². The third kappa shape index (κ3) is 3.98. The van der Waals surface area contributed by atoms with Crippen molar-refractivity contribution >= 4 is 17.5 Å². The summed E-state index contributed by atoms with van der Waals surface area (Å²) < 4.78 is 5.16. The van der Waals surface area contributed by atoms with E-state index in [0.29, 0.717) is 6.54 Å². The average Bonchev–Trinajstić information content (AvgIpc) is 2.48. The topological polar surface area (TPSA) is 29.5 Å². The Bertz CT molecular complexity index is 428. The largest absolute Gasteiger partial charge is 0.497 e. The van der Waals surface area contributed by atoms with Crippen LogP contribution in [-0.4, -0.2) is 48.9 Å². The molecule has 1 saturated heterocycles. The maximum Gasteiger partial charge on any atom is 0.176 e. The number of piperidine rings is 1. The zero-order valence-electron chi connectivity index (χ0n) is 11.6. The van der Waals surface area contributed by atoms with Gasteiger partial charge in [-0.05, 0) is 44.3 Å². The van der Waals surface area contributed by atoms with Crippen LogP contribution in [0.4, 0.5) is 0 Å². The Hall–Kier alpha value is -1.00. The summed E-state index contributed by atoms with van der Waals surface area (Å²) >= 11 is 1.94. The Kier molecular flexibility index (Phi) is 5.28. The first kappa shape index (κ1) is 14.4. The van der Waals surface area contributed by atoms with Crippen LogP contribution in [-0.2, 0) is 0 Å². The summed E-state index contributed by atoms with van der Waals surface area (Å²) in [6, 6.07) is 7.41. The second-order valence-electron chi connectivity index (χ2n) is 4.87. The smallest absolute Gasteiger partial charge is 0.176 e. The van der Waals surface area contributed by atoms with Crippen LogP contribution in [0.3, 0.4) is 0 Å². The number of methoxy groups -OCH3 is 1. The van der Waals surface area contributed by atoms with E-state index in [2.05, 4.69) is 11.2 Å². The lowest BCUT2D eigenvalue weighted by Crippen LogP contribution is -2.38. The average molecular weight is 279 g/mol. The first-order chi connectivity index (χ1) is 9.22. The highest BCUT2D eigenvalue weighted by Crippen LogP contribution is 2.21. The van der Waals surface area contributed by atoms with E-state index in [1.165, 1.54) is 12.8 Å². The lowest BCUT2D eigenvalue weighted by molar-refractivity contribution is 0.0917. The molecule has 0 amide bonds. The van der Waals surface area contributed by atoms with Crippen molar-refractivity contribution in [3.8, 4) is 5.75 Å². The maximum absolute atomic E-state index is 12.2. The summed E-state index contributed by atoms with van der Waals surface area (Å²) in [6.07, 6.45) is 4.54. The Morgan fingerprint density at radius 2 is 2.16 bits per heavy atom. The van der Waals surface area contributed by atoms with Gasteiger partial charge in [0.2, 0.25) is 0 Å². The lowest BCUT2D eigenvalue weighted by Gasteiger charge is -2.30. The molecule has 0 spiro atoms. The number of hydrogen-bond donors (Lipinski definition) is 0. The summed E-state index contributed by atoms with van der Waals surface area (Å²) in [6.45, 7) is 2.58. The van der Waals surface area contributed by atoms with Gasteiger partial charge in [-0.2, -0.15) is 11.8 Å². The SMILES string of the molecule is COc1cccc(C(=O)CN2CCC(SC)CC2)c1. The number of nitrogens with zero attached hydrogens (tertiary/aromatic N) is 1. The van der Waals surface area contributed by atoms with E-state index in [0.717, 1.165) is 29.7 Å². The molecule has 1 aliphatic heterocycles. The molecular formula is C15H21NO2S. The monoisotopic (exact) mass is 279 g/mol. The van der Waals surface area contributed by atoms with Crippen LogP contribution in [0.5, 0.6) is 5.75 Å². The van der Waals surface area contributed by atoms with Crippen LogP contribution >= 0.6 is 11.8 Å². The van der Waals surface area contributed by atoms with Crippen LogP contribution < -0.4 is 4.74 Å². The van der Waals surface area contributed by atoms with Crippen LogP contribution in [0.15, 0.2) is 24.3 Å². The molecule has 2 rings (SSSR count). The first-order valence-corrected chi connectivity index (χ1v) is 7.94. The van der Waals surface area contributed by atoms with Crippen molar-refractivity contribution in [3.63, 3.8) is 0 Å². The van der Waals surface area contributed by atoms with Crippen LogP contribution in [0.1, 0.15) is 23.2 Å². The zero-order valence-corrected chi connectivity index (χ0v) is 12.4. The second kappa shape index (κ2) is 6.96. The number of ether oxygens (including phenoxy) is 1. The minimum absolute atomic E-state index is 0.182. The third-order valence-electron chi connectivity index (χ3n) is 3.63. The van der Waals surface area contributed by atoms with Crippen molar-refractivity contribution in [1.29, 1.82) is 0 Å². The van der Waals surface area contributed by atoms with Gasteiger partial charge in [0, 0.05) is 10.8 Å². The molecule has 1 fully saturated rings. The molecule has 0 radical (unpaired) electrons. The summed E-state index contributed by atoms with van der Waals surface area (Å²) in [5.41, 5.74) is 0.742. The number of Topliss-reactive ketones (excluding diaryl/α,β-unsaturated/α-hetero) is 1. The predicted octanol–water partition coefficient (Wildman–Crippen LogP) is 2.71. The number of carbonyl (C=O) groups is 1. The highest BCUT2D eigenvalue weighted by atomic mass is 32.2. The Balaban J connectivity index is 1.90.